The maximum absolute atomic E-state index is 12.8. The van der Waals surface area contributed by atoms with Gasteiger partial charge in [0.1, 0.15) is 5.02 Å². The molecule has 1 unspecified atom stereocenters. The summed E-state index contributed by atoms with van der Waals surface area (Å²) >= 11 is 5.86. The van der Waals surface area contributed by atoms with E-state index < -0.39 is 4.92 Å². The third kappa shape index (κ3) is 7.00. The van der Waals surface area contributed by atoms with Crippen LogP contribution in [-0.4, -0.2) is 66.1 Å². The van der Waals surface area contributed by atoms with Gasteiger partial charge >= 0.3 is 0 Å². The molecule has 0 aliphatic carbocycles. The summed E-state index contributed by atoms with van der Waals surface area (Å²) in [6, 6.07) is 14.4. The van der Waals surface area contributed by atoms with Crippen molar-refractivity contribution < 1.29 is 14.5 Å². The molecule has 9 heteroatoms. The minimum Gasteiger partial charge on any atom is -0.379 e. The second-order valence-electron chi connectivity index (χ2n) is 7.62. The predicted molar refractivity (Wildman–Crippen MR) is 120 cm³/mol. The second kappa shape index (κ2) is 11.2. The molecule has 1 aliphatic rings. The smallest absolute Gasteiger partial charge is 0.289 e. The minimum atomic E-state index is -0.565. The number of benzene rings is 2. The van der Waals surface area contributed by atoms with Gasteiger partial charge in [0.15, 0.2) is 0 Å². The molecule has 1 N–H and O–H groups in total. The highest BCUT2D eigenvalue weighted by molar-refractivity contribution is 6.32. The van der Waals surface area contributed by atoms with E-state index in [1.807, 2.05) is 30.3 Å². The Kier molecular flexibility index (Phi) is 8.36. The van der Waals surface area contributed by atoms with Gasteiger partial charge in [0, 0.05) is 44.0 Å². The van der Waals surface area contributed by atoms with Crippen LogP contribution < -0.4 is 5.32 Å². The van der Waals surface area contributed by atoms with E-state index in [0.717, 1.165) is 38.4 Å². The molecule has 1 fully saturated rings. The Morgan fingerprint density at radius 2 is 1.97 bits per heavy atom. The Morgan fingerprint density at radius 3 is 2.65 bits per heavy atom. The molecular formula is C22H27ClN4O4. The lowest BCUT2D eigenvalue weighted by molar-refractivity contribution is -0.384. The first kappa shape index (κ1) is 23.1. The fourth-order valence-electron chi connectivity index (χ4n) is 3.57. The van der Waals surface area contributed by atoms with Crippen molar-refractivity contribution in [3.63, 3.8) is 0 Å². The molecule has 1 saturated heterocycles. The standard InChI is InChI=1S/C22H27ClN4O4/c1-17(14-25-9-11-31-12-10-25)26(15-18-5-3-2-4-6-18)16-22(28)24-19-7-8-20(23)21(13-19)27(29)30/h2-8,13,17H,9-12,14-16H2,1H3,(H,24,28). The number of halogens is 1. The maximum Gasteiger partial charge on any atom is 0.289 e. The monoisotopic (exact) mass is 446 g/mol. The van der Waals surface area contributed by atoms with E-state index in [1.165, 1.54) is 12.1 Å². The fourth-order valence-corrected chi connectivity index (χ4v) is 3.76. The first-order valence-electron chi connectivity index (χ1n) is 10.2. The van der Waals surface area contributed by atoms with Gasteiger partial charge in [-0.05, 0) is 24.6 Å². The van der Waals surface area contributed by atoms with Crippen LogP contribution in [0.15, 0.2) is 48.5 Å². The number of amides is 1. The van der Waals surface area contributed by atoms with Crippen molar-refractivity contribution in [3.05, 3.63) is 69.2 Å². The SMILES string of the molecule is CC(CN1CCOCC1)N(CC(=O)Nc1ccc(Cl)c([N+](=O)[O-])c1)Cc1ccccc1. The van der Waals surface area contributed by atoms with Crippen molar-refractivity contribution in [1.82, 2.24) is 9.80 Å². The Hall–Kier alpha value is -2.52. The highest BCUT2D eigenvalue weighted by Crippen LogP contribution is 2.27. The number of nitro groups is 1. The number of nitro benzene ring substituents is 1. The molecule has 1 heterocycles. The van der Waals surface area contributed by atoms with Gasteiger partial charge in [-0.15, -0.1) is 0 Å². The summed E-state index contributed by atoms with van der Waals surface area (Å²) in [5.74, 6) is -0.235. The minimum absolute atomic E-state index is 0.0350. The summed E-state index contributed by atoms with van der Waals surface area (Å²) in [6.07, 6.45) is 0. The average Bonchev–Trinajstić information content (AvgIpc) is 2.76. The van der Waals surface area contributed by atoms with Gasteiger partial charge in [0.25, 0.3) is 5.69 Å². The number of hydrogen-bond acceptors (Lipinski definition) is 6. The first-order valence-corrected chi connectivity index (χ1v) is 10.6. The quantitative estimate of drug-likeness (QED) is 0.469. The summed E-state index contributed by atoms with van der Waals surface area (Å²) in [5.41, 5.74) is 1.23. The second-order valence-corrected chi connectivity index (χ2v) is 8.03. The third-order valence-corrected chi connectivity index (χ3v) is 5.57. The number of carbonyl (C=O) groups excluding carboxylic acids is 1. The fraction of sp³-hybridized carbons (Fsp3) is 0.409. The molecule has 3 rings (SSSR count). The molecular weight excluding hydrogens is 420 g/mol. The van der Waals surface area contributed by atoms with Crippen LogP contribution in [0.4, 0.5) is 11.4 Å². The average molecular weight is 447 g/mol. The van der Waals surface area contributed by atoms with Gasteiger partial charge in [-0.25, -0.2) is 0 Å². The van der Waals surface area contributed by atoms with Crippen LogP contribution in [0.2, 0.25) is 5.02 Å². The van der Waals surface area contributed by atoms with E-state index in [1.54, 1.807) is 6.07 Å². The van der Waals surface area contributed by atoms with Crippen LogP contribution in [0, 0.1) is 10.1 Å². The van der Waals surface area contributed by atoms with Crippen LogP contribution >= 0.6 is 11.6 Å². The topological polar surface area (TPSA) is 88.0 Å². The number of nitrogens with one attached hydrogen (secondary N) is 1. The van der Waals surface area contributed by atoms with Crippen molar-refractivity contribution in [2.75, 3.05) is 44.7 Å². The summed E-state index contributed by atoms with van der Waals surface area (Å²) in [6.45, 7) is 6.93. The zero-order valence-electron chi connectivity index (χ0n) is 17.5. The van der Waals surface area contributed by atoms with E-state index in [9.17, 15) is 14.9 Å². The summed E-state index contributed by atoms with van der Waals surface area (Å²) in [7, 11) is 0. The molecule has 0 bridgehead atoms. The lowest BCUT2D eigenvalue weighted by atomic mass is 10.1. The summed E-state index contributed by atoms with van der Waals surface area (Å²) in [4.78, 5) is 27.8. The van der Waals surface area contributed by atoms with Crippen LogP contribution in [0.25, 0.3) is 0 Å². The molecule has 2 aromatic rings. The Morgan fingerprint density at radius 1 is 1.26 bits per heavy atom. The van der Waals surface area contributed by atoms with Gasteiger partial charge in [-0.2, -0.15) is 0 Å². The van der Waals surface area contributed by atoms with Crippen LogP contribution in [0.3, 0.4) is 0 Å². The predicted octanol–water partition coefficient (Wildman–Crippen LogP) is 3.41. The van der Waals surface area contributed by atoms with Gasteiger partial charge < -0.3 is 10.1 Å². The highest BCUT2D eigenvalue weighted by atomic mass is 35.5. The zero-order valence-corrected chi connectivity index (χ0v) is 18.3. The molecule has 166 valence electrons. The molecule has 0 radical (unpaired) electrons. The highest BCUT2D eigenvalue weighted by Gasteiger charge is 2.22. The molecule has 8 nitrogen and oxygen atoms in total. The van der Waals surface area contributed by atoms with E-state index in [-0.39, 0.29) is 29.2 Å². The number of carbonyl (C=O) groups is 1. The van der Waals surface area contributed by atoms with Crippen LogP contribution in [0.1, 0.15) is 12.5 Å². The van der Waals surface area contributed by atoms with Gasteiger partial charge in [-0.1, -0.05) is 41.9 Å². The van der Waals surface area contributed by atoms with E-state index in [2.05, 4.69) is 22.0 Å². The molecule has 31 heavy (non-hydrogen) atoms. The number of anilines is 1. The van der Waals surface area contributed by atoms with Crippen LogP contribution in [-0.2, 0) is 16.1 Å². The molecule has 0 saturated carbocycles. The van der Waals surface area contributed by atoms with Crippen molar-refractivity contribution in [1.29, 1.82) is 0 Å². The number of hydrogen-bond donors (Lipinski definition) is 1. The number of rotatable bonds is 9. The third-order valence-electron chi connectivity index (χ3n) is 5.25. The zero-order chi connectivity index (χ0) is 22.2. The normalized spacial score (nSPS) is 15.6. The summed E-state index contributed by atoms with van der Waals surface area (Å²) in [5, 5.41) is 13.9. The van der Waals surface area contributed by atoms with Crippen molar-refractivity contribution in [2.45, 2.75) is 19.5 Å². The van der Waals surface area contributed by atoms with Crippen LogP contribution in [0.5, 0.6) is 0 Å². The Balaban J connectivity index is 1.68. The number of nitrogens with zero attached hydrogens (tertiary/aromatic N) is 3. The molecule has 1 amide bonds. The van der Waals surface area contributed by atoms with Gasteiger partial charge in [0.05, 0.1) is 24.7 Å². The van der Waals surface area contributed by atoms with Crippen molar-refractivity contribution in [2.24, 2.45) is 0 Å². The number of morpholine rings is 1. The first-order chi connectivity index (χ1) is 14.9. The van der Waals surface area contributed by atoms with E-state index >= 15 is 0 Å². The lowest BCUT2D eigenvalue weighted by Crippen LogP contribution is -2.47. The molecule has 2 aromatic carbocycles. The summed E-state index contributed by atoms with van der Waals surface area (Å²) < 4.78 is 5.43. The van der Waals surface area contributed by atoms with E-state index in [0.29, 0.717) is 12.2 Å². The largest absolute Gasteiger partial charge is 0.379 e. The van der Waals surface area contributed by atoms with Crippen molar-refractivity contribution in [3.8, 4) is 0 Å². The Labute approximate surface area is 186 Å². The number of ether oxygens (including phenoxy) is 1. The molecule has 1 atom stereocenters. The molecule has 0 spiro atoms. The van der Waals surface area contributed by atoms with Gasteiger partial charge in [0.2, 0.25) is 5.91 Å². The molecule has 1 aliphatic heterocycles. The lowest BCUT2D eigenvalue weighted by Gasteiger charge is -2.34. The van der Waals surface area contributed by atoms with Crippen molar-refractivity contribution >= 4 is 28.9 Å². The molecule has 0 aromatic heterocycles. The van der Waals surface area contributed by atoms with E-state index in [4.69, 9.17) is 16.3 Å². The van der Waals surface area contributed by atoms with Gasteiger partial charge in [-0.3, -0.25) is 24.7 Å². The maximum atomic E-state index is 12.8. The Bertz CT molecular complexity index is 890.